The molecule has 1 aliphatic carbocycles. The van der Waals surface area contributed by atoms with Gasteiger partial charge in [-0.15, -0.1) is 0 Å². The van der Waals surface area contributed by atoms with Gasteiger partial charge in [-0.25, -0.2) is 0 Å². The molecule has 2 fully saturated rings. The standard InChI is InChI=1S/C19H28F2N2O2/c1-2-24-17-5-3-4-15(18(17)25-19(20)21)13-23-10-8-16(9-11-23)22-12-14-6-7-14/h3-5,14,16,19,22H,2,6-13H2,1H3. The van der Waals surface area contributed by atoms with Crippen molar-refractivity contribution >= 4 is 0 Å². The predicted octanol–water partition coefficient (Wildman–Crippen LogP) is 3.65. The Kier molecular flexibility index (Phi) is 6.48. The molecule has 1 aliphatic heterocycles. The third-order valence-electron chi connectivity index (χ3n) is 4.94. The zero-order chi connectivity index (χ0) is 17.6. The summed E-state index contributed by atoms with van der Waals surface area (Å²) in [5.41, 5.74) is 0.760. The molecule has 1 aromatic rings. The van der Waals surface area contributed by atoms with E-state index < -0.39 is 6.61 Å². The number of nitrogens with zero attached hydrogens (tertiary/aromatic N) is 1. The maximum atomic E-state index is 12.8. The van der Waals surface area contributed by atoms with Crippen molar-refractivity contribution < 1.29 is 18.3 Å². The zero-order valence-corrected chi connectivity index (χ0v) is 14.8. The molecule has 6 heteroatoms. The molecule has 0 bridgehead atoms. The lowest BCUT2D eigenvalue weighted by molar-refractivity contribution is -0.0524. The summed E-state index contributed by atoms with van der Waals surface area (Å²) in [7, 11) is 0. The minimum Gasteiger partial charge on any atom is -0.490 e. The average Bonchev–Trinajstić information content (AvgIpc) is 3.41. The maximum absolute atomic E-state index is 12.8. The van der Waals surface area contributed by atoms with Gasteiger partial charge in [0, 0.05) is 18.2 Å². The minimum absolute atomic E-state index is 0.174. The number of piperidine rings is 1. The largest absolute Gasteiger partial charge is 0.490 e. The van der Waals surface area contributed by atoms with Crippen LogP contribution in [0.3, 0.4) is 0 Å². The van der Waals surface area contributed by atoms with Gasteiger partial charge in [-0.05, 0) is 64.2 Å². The molecule has 0 aromatic heterocycles. The highest BCUT2D eigenvalue weighted by atomic mass is 19.3. The van der Waals surface area contributed by atoms with Crippen molar-refractivity contribution in [1.82, 2.24) is 10.2 Å². The van der Waals surface area contributed by atoms with E-state index in [1.807, 2.05) is 19.1 Å². The van der Waals surface area contributed by atoms with E-state index in [0.717, 1.165) is 44.0 Å². The maximum Gasteiger partial charge on any atom is 0.387 e. The first-order valence-electron chi connectivity index (χ1n) is 9.31. The Morgan fingerprint density at radius 3 is 2.60 bits per heavy atom. The van der Waals surface area contributed by atoms with Crippen LogP contribution in [-0.2, 0) is 6.54 Å². The molecule has 0 spiro atoms. The summed E-state index contributed by atoms with van der Waals surface area (Å²) >= 11 is 0. The monoisotopic (exact) mass is 354 g/mol. The van der Waals surface area contributed by atoms with Crippen LogP contribution in [0.1, 0.15) is 38.2 Å². The Bertz CT molecular complexity index is 544. The quantitative estimate of drug-likeness (QED) is 0.734. The molecule has 0 unspecified atom stereocenters. The zero-order valence-electron chi connectivity index (χ0n) is 14.8. The van der Waals surface area contributed by atoms with Gasteiger partial charge in [0.05, 0.1) is 6.61 Å². The second kappa shape index (κ2) is 8.81. The molecule has 140 valence electrons. The average molecular weight is 354 g/mol. The normalized spacial score (nSPS) is 19.4. The minimum atomic E-state index is -2.85. The summed E-state index contributed by atoms with van der Waals surface area (Å²) in [5, 5.41) is 3.66. The van der Waals surface area contributed by atoms with E-state index in [2.05, 4.69) is 10.2 Å². The SMILES string of the molecule is CCOc1cccc(CN2CCC(NCC3CC3)CC2)c1OC(F)F. The number of hydrogen-bond acceptors (Lipinski definition) is 4. The Balaban J connectivity index is 1.57. The van der Waals surface area contributed by atoms with Crippen molar-refractivity contribution in [2.24, 2.45) is 5.92 Å². The summed E-state index contributed by atoms with van der Waals surface area (Å²) in [6.07, 6.45) is 4.94. The fourth-order valence-corrected chi connectivity index (χ4v) is 3.37. The molecule has 3 rings (SSSR count). The third kappa shape index (κ3) is 5.54. The number of para-hydroxylation sites is 1. The predicted molar refractivity (Wildman–Crippen MR) is 93.3 cm³/mol. The van der Waals surface area contributed by atoms with Crippen molar-refractivity contribution in [3.05, 3.63) is 23.8 Å². The van der Waals surface area contributed by atoms with Crippen molar-refractivity contribution in [2.75, 3.05) is 26.2 Å². The van der Waals surface area contributed by atoms with Crippen LogP contribution in [0, 0.1) is 5.92 Å². The molecule has 0 radical (unpaired) electrons. The van der Waals surface area contributed by atoms with Gasteiger partial charge in [-0.3, -0.25) is 4.90 Å². The van der Waals surface area contributed by atoms with Gasteiger partial charge < -0.3 is 14.8 Å². The van der Waals surface area contributed by atoms with Gasteiger partial charge in [-0.1, -0.05) is 12.1 Å². The molecular weight excluding hydrogens is 326 g/mol. The van der Waals surface area contributed by atoms with Gasteiger partial charge in [-0.2, -0.15) is 8.78 Å². The molecule has 25 heavy (non-hydrogen) atoms. The first kappa shape index (κ1) is 18.4. The highest BCUT2D eigenvalue weighted by molar-refractivity contribution is 5.46. The van der Waals surface area contributed by atoms with Crippen LogP contribution in [-0.4, -0.2) is 43.8 Å². The number of ether oxygens (including phenoxy) is 2. The van der Waals surface area contributed by atoms with Gasteiger partial charge in [0.25, 0.3) is 0 Å². The van der Waals surface area contributed by atoms with Crippen LogP contribution in [0.4, 0.5) is 8.78 Å². The lowest BCUT2D eigenvalue weighted by Gasteiger charge is -2.33. The van der Waals surface area contributed by atoms with Crippen LogP contribution in [0.5, 0.6) is 11.5 Å². The van der Waals surface area contributed by atoms with Crippen LogP contribution in [0.15, 0.2) is 18.2 Å². The molecule has 4 nitrogen and oxygen atoms in total. The first-order chi connectivity index (χ1) is 12.2. The van der Waals surface area contributed by atoms with E-state index in [0.29, 0.717) is 24.9 Å². The summed E-state index contributed by atoms with van der Waals surface area (Å²) in [6, 6.07) is 5.95. The lowest BCUT2D eigenvalue weighted by Crippen LogP contribution is -2.42. The van der Waals surface area contributed by atoms with Crippen LogP contribution in [0.25, 0.3) is 0 Å². The first-order valence-corrected chi connectivity index (χ1v) is 9.31. The Morgan fingerprint density at radius 1 is 1.20 bits per heavy atom. The molecule has 1 aromatic carbocycles. The number of hydrogen-bond donors (Lipinski definition) is 1. The molecular formula is C19H28F2N2O2. The Morgan fingerprint density at radius 2 is 1.96 bits per heavy atom. The molecule has 1 saturated carbocycles. The number of rotatable bonds is 9. The number of benzene rings is 1. The van der Waals surface area contributed by atoms with E-state index in [-0.39, 0.29) is 5.75 Å². The number of halogens is 2. The number of likely N-dealkylation sites (tertiary alicyclic amines) is 1. The molecule has 0 atom stereocenters. The van der Waals surface area contributed by atoms with Gasteiger partial charge >= 0.3 is 6.61 Å². The highest BCUT2D eigenvalue weighted by Gasteiger charge is 2.25. The van der Waals surface area contributed by atoms with Crippen molar-refractivity contribution in [1.29, 1.82) is 0 Å². The van der Waals surface area contributed by atoms with Crippen LogP contribution in [0.2, 0.25) is 0 Å². The van der Waals surface area contributed by atoms with E-state index >= 15 is 0 Å². The second-order valence-electron chi connectivity index (χ2n) is 6.96. The fourth-order valence-electron chi connectivity index (χ4n) is 3.37. The summed E-state index contributed by atoms with van der Waals surface area (Å²) < 4.78 is 35.8. The van der Waals surface area contributed by atoms with Crippen LogP contribution >= 0.6 is 0 Å². The second-order valence-corrected chi connectivity index (χ2v) is 6.96. The fraction of sp³-hybridized carbons (Fsp3) is 0.684. The molecule has 0 amide bonds. The highest BCUT2D eigenvalue weighted by Crippen LogP contribution is 2.34. The molecule has 1 heterocycles. The molecule has 2 aliphatic rings. The summed E-state index contributed by atoms with van der Waals surface area (Å²) in [4.78, 5) is 2.30. The Labute approximate surface area is 148 Å². The van der Waals surface area contributed by atoms with Gasteiger partial charge in [0.1, 0.15) is 0 Å². The van der Waals surface area contributed by atoms with E-state index in [1.165, 1.54) is 12.8 Å². The summed E-state index contributed by atoms with van der Waals surface area (Å²) in [5.74, 6) is 1.46. The Hall–Kier alpha value is -1.40. The number of nitrogens with one attached hydrogen (secondary N) is 1. The topological polar surface area (TPSA) is 33.7 Å². The number of alkyl halides is 2. The van der Waals surface area contributed by atoms with Crippen molar-refractivity contribution in [2.45, 2.75) is 51.8 Å². The van der Waals surface area contributed by atoms with Crippen molar-refractivity contribution in [3.8, 4) is 11.5 Å². The molecule has 1 saturated heterocycles. The van der Waals surface area contributed by atoms with Crippen LogP contribution < -0.4 is 14.8 Å². The smallest absolute Gasteiger partial charge is 0.387 e. The molecule has 1 N–H and O–H groups in total. The summed E-state index contributed by atoms with van der Waals surface area (Å²) in [6.45, 7) is 3.09. The third-order valence-corrected chi connectivity index (χ3v) is 4.94. The van der Waals surface area contributed by atoms with Gasteiger partial charge in [0.15, 0.2) is 11.5 Å². The lowest BCUT2D eigenvalue weighted by atomic mass is 10.0. The van der Waals surface area contributed by atoms with Gasteiger partial charge in [0.2, 0.25) is 0 Å². The van der Waals surface area contributed by atoms with Crippen molar-refractivity contribution in [3.63, 3.8) is 0 Å². The van der Waals surface area contributed by atoms with E-state index in [1.54, 1.807) is 6.07 Å². The van der Waals surface area contributed by atoms with E-state index in [9.17, 15) is 8.78 Å². The van der Waals surface area contributed by atoms with E-state index in [4.69, 9.17) is 9.47 Å².